The third kappa shape index (κ3) is 5.30. The van der Waals surface area contributed by atoms with Gasteiger partial charge in [0.15, 0.2) is 0 Å². The second kappa shape index (κ2) is 11.1. The van der Waals surface area contributed by atoms with E-state index in [1.165, 1.54) is 34.5 Å². The second-order valence-electron chi connectivity index (χ2n) is 8.28. The van der Waals surface area contributed by atoms with E-state index in [2.05, 4.69) is 5.32 Å². The highest BCUT2D eigenvalue weighted by molar-refractivity contribution is 7.98. The summed E-state index contributed by atoms with van der Waals surface area (Å²) in [4.78, 5) is 28.0. The first-order valence-corrected chi connectivity index (χ1v) is 15.1. The highest BCUT2D eigenvalue weighted by Crippen LogP contribution is 2.39. The number of esters is 1. The molecule has 4 rings (SSSR count). The molecular formula is C26H28N2O5S3. The van der Waals surface area contributed by atoms with Crippen LogP contribution >= 0.6 is 23.1 Å². The Labute approximate surface area is 219 Å². The molecule has 3 aromatic rings. The van der Waals surface area contributed by atoms with E-state index in [4.69, 9.17) is 4.74 Å². The summed E-state index contributed by atoms with van der Waals surface area (Å²) < 4.78 is 32.5. The predicted octanol–water partition coefficient (Wildman–Crippen LogP) is 5.60. The van der Waals surface area contributed by atoms with Crippen molar-refractivity contribution in [1.82, 2.24) is 0 Å². The highest BCUT2D eigenvalue weighted by atomic mass is 32.2. The number of rotatable bonds is 8. The number of hydrogen-bond acceptors (Lipinski definition) is 7. The molecule has 2 aromatic carbocycles. The van der Waals surface area contributed by atoms with Gasteiger partial charge >= 0.3 is 5.97 Å². The molecule has 7 nitrogen and oxygen atoms in total. The molecule has 0 atom stereocenters. The molecule has 36 heavy (non-hydrogen) atoms. The SMILES string of the molecule is CCOC(=O)c1c(NC(=O)c2ccc(N(C)S(=O)(=O)c3ccc(SC)cc3)cc2)sc2c1CCCC2. The van der Waals surface area contributed by atoms with E-state index in [0.717, 1.165) is 41.0 Å². The maximum Gasteiger partial charge on any atom is 0.341 e. The lowest BCUT2D eigenvalue weighted by Gasteiger charge is -2.20. The summed E-state index contributed by atoms with van der Waals surface area (Å²) in [6.45, 7) is 2.02. The average Bonchev–Trinajstić information content (AvgIpc) is 3.26. The summed E-state index contributed by atoms with van der Waals surface area (Å²) in [5.41, 5.74) is 2.22. The first-order chi connectivity index (χ1) is 17.3. The number of sulfonamides is 1. The molecule has 1 aromatic heterocycles. The fourth-order valence-electron chi connectivity index (χ4n) is 4.12. The van der Waals surface area contributed by atoms with Crippen molar-refractivity contribution in [2.75, 3.05) is 29.5 Å². The molecule has 0 fully saturated rings. The number of anilines is 2. The van der Waals surface area contributed by atoms with Crippen LogP contribution in [0, 0.1) is 0 Å². The van der Waals surface area contributed by atoms with Crippen LogP contribution in [0.4, 0.5) is 10.7 Å². The van der Waals surface area contributed by atoms with Gasteiger partial charge in [0.1, 0.15) is 5.00 Å². The van der Waals surface area contributed by atoms with E-state index in [-0.39, 0.29) is 17.4 Å². The summed E-state index contributed by atoms with van der Waals surface area (Å²) in [7, 11) is -2.27. The van der Waals surface area contributed by atoms with Gasteiger partial charge in [-0.2, -0.15) is 0 Å². The fraction of sp³-hybridized carbons (Fsp3) is 0.308. The zero-order chi connectivity index (χ0) is 25.9. The molecule has 1 amide bonds. The Balaban J connectivity index is 1.53. The number of carbonyl (C=O) groups is 2. The van der Waals surface area contributed by atoms with E-state index < -0.39 is 16.0 Å². The van der Waals surface area contributed by atoms with Gasteiger partial charge in [-0.05, 0) is 93.0 Å². The van der Waals surface area contributed by atoms with Crippen molar-refractivity contribution in [1.29, 1.82) is 0 Å². The molecule has 190 valence electrons. The summed E-state index contributed by atoms with van der Waals surface area (Å²) in [6, 6.07) is 13.0. The number of amides is 1. The molecule has 0 unspecified atom stereocenters. The summed E-state index contributed by atoms with van der Waals surface area (Å²) >= 11 is 2.97. The van der Waals surface area contributed by atoms with E-state index in [0.29, 0.717) is 21.8 Å². The van der Waals surface area contributed by atoms with Crippen molar-refractivity contribution in [2.24, 2.45) is 0 Å². The van der Waals surface area contributed by atoms with Gasteiger partial charge in [0, 0.05) is 22.4 Å². The van der Waals surface area contributed by atoms with E-state index in [9.17, 15) is 18.0 Å². The minimum absolute atomic E-state index is 0.192. The number of fused-ring (bicyclic) bond motifs is 1. The third-order valence-corrected chi connectivity index (χ3v) is 9.84. The lowest BCUT2D eigenvalue weighted by Crippen LogP contribution is -2.26. The van der Waals surface area contributed by atoms with Gasteiger partial charge in [-0.1, -0.05) is 0 Å². The van der Waals surface area contributed by atoms with Crippen molar-refractivity contribution in [3.8, 4) is 0 Å². The molecule has 1 aliphatic carbocycles. The molecule has 0 aliphatic heterocycles. The van der Waals surface area contributed by atoms with Crippen LogP contribution in [0.2, 0.25) is 0 Å². The van der Waals surface area contributed by atoms with Crippen LogP contribution in [0.15, 0.2) is 58.3 Å². The average molecular weight is 545 g/mol. The normalized spacial score (nSPS) is 13.1. The number of nitrogens with zero attached hydrogens (tertiary/aromatic N) is 1. The first kappa shape index (κ1) is 26.2. The molecule has 1 N–H and O–H groups in total. The number of thiophene rings is 1. The minimum atomic E-state index is -3.75. The van der Waals surface area contributed by atoms with Crippen LogP contribution in [0.1, 0.15) is 50.9 Å². The molecule has 0 spiro atoms. The third-order valence-electron chi connectivity index (χ3n) is 6.09. The van der Waals surface area contributed by atoms with Crippen molar-refractivity contribution in [2.45, 2.75) is 42.4 Å². The number of benzene rings is 2. The summed E-state index contributed by atoms with van der Waals surface area (Å²) in [5, 5.41) is 3.39. The number of thioether (sulfide) groups is 1. The van der Waals surface area contributed by atoms with Gasteiger partial charge in [0.25, 0.3) is 15.9 Å². The Morgan fingerprint density at radius 3 is 2.36 bits per heavy atom. The summed E-state index contributed by atoms with van der Waals surface area (Å²) in [6.07, 6.45) is 5.67. The zero-order valence-electron chi connectivity index (χ0n) is 20.4. The molecule has 1 aliphatic rings. The Morgan fingerprint density at radius 1 is 1.06 bits per heavy atom. The van der Waals surface area contributed by atoms with Gasteiger partial charge in [-0.15, -0.1) is 23.1 Å². The van der Waals surface area contributed by atoms with E-state index in [1.807, 2.05) is 6.26 Å². The Kier molecular flexibility index (Phi) is 8.07. The Hall–Kier alpha value is -2.82. The quantitative estimate of drug-likeness (QED) is 0.293. The van der Waals surface area contributed by atoms with E-state index in [1.54, 1.807) is 55.5 Å². The van der Waals surface area contributed by atoms with Gasteiger partial charge < -0.3 is 10.1 Å². The van der Waals surface area contributed by atoms with Crippen LogP contribution in [0.5, 0.6) is 0 Å². The highest BCUT2D eigenvalue weighted by Gasteiger charge is 2.27. The van der Waals surface area contributed by atoms with Crippen molar-refractivity contribution < 1.29 is 22.7 Å². The smallest absolute Gasteiger partial charge is 0.341 e. The van der Waals surface area contributed by atoms with Crippen LogP contribution < -0.4 is 9.62 Å². The molecule has 0 radical (unpaired) electrons. The molecule has 0 bridgehead atoms. The van der Waals surface area contributed by atoms with Gasteiger partial charge in [-0.25, -0.2) is 13.2 Å². The van der Waals surface area contributed by atoms with Crippen molar-refractivity contribution in [3.05, 3.63) is 70.1 Å². The summed E-state index contributed by atoms with van der Waals surface area (Å²) in [5.74, 6) is -0.788. The number of carbonyl (C=O) groups excluding carboxylic acids is 2. The monoisotopic (exact) mass is 544 g/mol. The van der Waals surface area contributed by atoms with Gasteiger partial charge in [0.2, 0.25) is 0 Å². The zero-order valence-corrected chi connectivity index (χ0v) is 22.8. The lowest BCUT2D eigenvalue weighted by molar-refractivity contribution is 0.0526. The Morgan fingerprint density at radius 2 is 1.72 bits per heavy atom. The van der Waals surface area contributed by atoms with Gasteiger partial charge in [0.05, 0.1) is 22.8 Å². The maximum absolute atomic E-state index is 13.0. The first-order valence-electron chi connectivity index (χ1n) is 11.6. The number of hydrogen-bond donors (Lipinski definition) is 1. The van der Waals surface area contributed by atoms with Crippen LogP contribution in [-0.2, 0) is 27.6 Å². The molecule has 1 heterocycles. The lowest BCUT2D eigenvalue weighted by atomic mass is 9.95. The molecular weight excluding hydrogens is 516 g/mol. The molecule has 0 saturated carbocycles. The maximum atomic E-state index is 13.0. The number of aryl methyl sites for hydroxylation is 1. The van der Waals surface area contributed by atoms with Crippen LogP contribution in [0.3, 0.4) is 0 Å². The van der Waals surface area contributed by atoms with E-state index >= 15 is 0 Å². The topological polar surface area (TPSA) is 92.8 Å². The second-order valence-corrected chi connectivity index (χ2v) is 12.2. The fourth-order valence-corrected chi connectivity index (χ4v) is 6.99. The van der Waals surface area contributed by atoms with Crippen LogP contribution in [-0.4, -0.2) is 40.2 Å². The van der Waals surface area contributed by atoms with Crippen molar-refractivity contribution in [3.63, 3.8) is 0 Å². The minimum Gasteiger partial charge on any atom is -0.462 e. The molecule has 0 saturated heterocycles. The van der Waals surface area contributed by atoms with Crippen molar-refractivity contribution >= 4 is 55.7 Å². The van der Waals surface area contributed by atoms with Crippen LogP contribution in [0.25, 0.3) is 0 Å². The predicted molar refractivity (Wildman–Crippen MR) is 145 cm³/mol. The largest absolute Gasteiger partial charge is 0.462 e. The molecule has 10 heteroatoms. The number of nitrogens with one attached hydrogen (secondary N) is 1. The number of ether oxygens (including phenoxy) is 1. The Bertz CT molecular complexity index is 1360. The standard InChI is InChI=1S/C26H28N2O5S3/c1-4-33-26(30)23-21-7-5-6-8-22(21)35-25(23)27-24(29)17-9-11-18(12-10-17)28(2)36(31,32)20-15-13-19(34-3)14-16-20/h9-16H,4-8H2,1-3H3,(H,27,29). The van der Waals surface area contributed by atoms with Gasteiger partial charge in [-0.3, -0.25) is 9.10 Å².